The van der Waals surface area contributed by atoms with Crippen LogP contribution in [0.25, 0.3) is 39.4 Å². The molecule has 1 unspecified atom stereocenters. The van der Waals surface area contributed by atoms with Crippen LogP contribution in [0.5, 0.6) is 0 Å². The molecule has 0 saturated carbocycles. The highest BCUT2D eigenvalue weighted by Crippen LogP contribution is 2.58. The lowest BCUT2D eigenvalue weighted by molar-refractivity contribution is 0.758. The molecule has 0 amide bonds. The zero-order valence-electron chi connectivity index (χ0n) is 32.5. The molecule has 0 aliphatic heterocycles. The Morgan fingerprint density at radius 1 is 0.655 bits per heavy atom. The van der Waals surface area contributed by atoms with Gasteiger partial charge in [-0.1, -0.05) is 164 Å². The van der Waals surface area contributed by atoms with Crippen molar-refractivity contribution in [1.29, 1.82) is 0 Å². The number of hydrogen-bond acceptors (Lipinski definition) is 0. The first-order valence-electron chi connectivity index (χ1n) is 20.3. The maximum atomic E-state index is 4.94. The summed E-state index contributed by atoms with van der Waals surface area (Å²) in [6.07, 6.45) is 11.4. The fourth-order valence-corrected chi connectivity index (χ4v) is 10.7. The summed E-state index contributed by atoms with van der Waals surface area (Å²) in [6.45, 7) is 7.22. The van der Waals surface area contributed by atoms with E-state index in [0.717, 1.165) is 29.8 Å². The Morgan fingerprint density at radius 2 is 1.31 bits per heavy atom. The summed E-state index contributed by atoms with van der Waals surface area (Å²) in [5.41, 5.74) is 19.0. The third-order valence-electron chi connectivity index (χ3n) is 13.1. The van der Waals surface area contributed by atoms with E-state index in [0.29, 0.717) is 0 Å². The number of aryl methyl sites for hydroxylation is 1. The van der Waals surface area contributed by atoms with Gasteiger partial charge in [0.05, 0.1) is 16.3 Å². The number of benzene rings is 6. The zero-order valence-corrected chi connectivity index (χ0v) is 32.5. The van der Waals surface area contributed by atoms with E-state index >= 15 is 0 Å². The summed E-state index contributed by atoms with van der Waals surface area (Å²) in [5, 5.41) is 1.23. The third kappa shape index (κ3) is 4.67. The molecule has 3 aliphatic carbocycles. The van der Waals surface area contributed by atoms with Crippen molar-refractivity contribution in [3.8, 4) is 16.8 Å². The van der Waals surface area contributed by atoms with Crippen LogP contribution in [0.1, 0.15) is 63.0 Å². The smallest absolute Gasteiger partial charge is 0.0716 e. The van der Waals surface area contributed by atoms with Gasteiger partial charge >= 0.3 is 0 Å². The van der Waals surface area contributed by atoms with Gasteiger partial charge in [0, 0.05) is 16.8 Å². The van der Waals surface area contributed by atoms with Crippen LogP contribution in [0.15, 0.2) is 206 Å². The summed E-state index contributed by atoms with van der Waals surface area (Å²) in [6, 6.07) is 68.5. The fourth-order valence-electron chi connectivity index (χ4n) is 10.7. The molecule has 0 bridgehead atoms. The molecular weight excluding hydrogens is 699 g/mol. The zero-order chi connectivity index (χ0) is 38.8. The van der Waals surface area contributed by atoms with Gasteiger partial charge in [0.15, 0.2) is 0 Å². The number of fused-ring (bicyclic) bond motifs is 6. The second-order valence-electron chi connectivity index (χ2n) is 15.8. The number of rotatable bonds is 7. The number of hydrogen-bond donors (Lipinski definition) is 0. The largest absolute Gasteiger partial charge is 0.310 e. The monoisotopic (exact) mass is 739 g/mol. The number of nitrogens with zero attached hydrogens (tertiary/aromatic N) is 1. The minimum atomic E-state index is -0.541. The van der Waals surface area contributed by atoms with Crippen molar-refractivity contribution in [3.63, 3.8) is 0 Å². The molecule has 1 heteroatoms. The maximum absolute atomic E-state index is 4.94. The van der Waals surface area contributed by atoms with Crippen molar-refractivity contribution >= 4 is 22.6 Å². The molecule has 0 spiro atoms. The summed E-state index contributed by atoms with van der Waals surface area (Å²) < 4.78 is 2.43. The first kappa shape index (κ1) is 34.1. The van der Waals surface area contributed by atoms with Gasteiger partial charge in [0.1, 0.15) is 0 Å². The summed E-state index contributed by atoms with van der Waals surface area (Å²) in [4.78, 5) is 0. The lowest BCUT2D eigenvalue weighted by Crippen LogP contribution is -2.29. The van der Waals surface area contributed by atoms with Crippen LogP contribution in [0.3, 0.4) is 0 Å². The van der Waals surface area contributed by atoms with Crippen molar-refractivity contribution in [3.05, 3.63) is 268 Å². The van der Waals surface area contributed by atoms with E-state index in [-0.39, 0.29) is 0 Å². The SMILES string of the molecule is C=C(/C=C\c1c(C)c2cc(C3(c4cc#ccc4)C4=C(CCC=C4)c4ccccc43)ccc2n1-c1ccccc1)C1(c2ccccc2)c2ccccc2-c2ccccc21. The molecule has 0 saturated heterocycles. The van der Waals surface area contributed by atoms with E-state index in [9.17, 15) is 0 Å². The molecular formula is C57H41N. The van der Waals surface area contributed by atoms with Crippen LogP contribution in [-0.4, -0.2) is 4.57 Å². The van der Waals surface area contributed by atoms with Gasteiger partial charge in [0.2, 0.25) is 0 Å². The highest BCUT2D eigenvalue weighted by atomic mass is 15.0. The van der Waals surface area contributed by atoms with Gasteiger partial charge in [0.25, 0.3) is 0 Å². The van der Waals surface area contributed by atoms with Crippen molar-refractivity contribution in [2.75, 3.05) is 0 Å². The molecule has 0 radical (unpaired) electrons. The number of allylic oxidation sites excluding steroid dienone is 6. The van der Waals surface area contributed by atoms with E-state index < -0.39 is 10.8 Å². The highest BCUT2D eigenvalue weighted by molar-refractivity contribution is 5.94. The van der Waals surface area contributed by atoms with Crippen molar-refractivity contribution in [2.45, 2.75) is 30.6 Å². The second-order valence-corrected chi connectivity index (χ2v) is 15.8. The van der Waals surface area contributed by atoms with E-state index in [1.54, 1.807) is 0 Å². The predicted octanol–water partition coefficient (Wildman–Crippen LogP) is 13.6. The molecule has 1 heterocycles. The van der Waals surface area contributed by atoms with Gasteiger partial charge in [-0.3, -0.25) is 0 Å². The number of aromatic nitrogens is 1. The molecule has 274 valence electrons. The quantitative estimate of drug-likeness (QED) is 0.143. The summed E-state index contributed by atoms with van der Waals surface area (Å²) in [5.74, 6) is 0. The fraction of sp³-hybridized carbons (Fsp3) is 0.0877. The van der Waals surface area contributed by atoms with Gasteiger partial charge < -0.3 is 4.57 Å². The maximum Gasteiger partial charge on any atom is 0.0716 e. The van der Waals surface area contributed by atoms with Gasteiger partial charge in [-0.15, -0.1) is 0 Å². The van der Waals surface area contributed by atoms with Crippen LogP contribution in [0, 0.1) is 19.1 Å². The molecule has 0 N–H and O–H groups in total. The molecule has 0 fully saturated rings. The average Bonchev–Trinajstić information content (AvgIpc) is 3.88. The summed E-state index contributed by atoms with van der Waals surface area (Å²) >= 11 is 0. The average molecular weight is 740 g/mol. The third-order valence-corrected chi connectivity index (χ3v) is 13.1. The van der Waals surface area contributed by atoms with Crippen LogP contribution >= 0.6 is 0 Å². The first-order valence-corrected chi connectivity index (χ1v) is 20.3. The Hall–Kier alpha value is -7.14. The second kappa shape index (κ2) is 13.2. The molecule has 1 nitrogen and oxygen atoms in total. The van der Waals surface area contributed by atoms with Gasteiger partial charge in [-0.25, -0.2) is 0 Å². The minimum absolute atomic E-state index is 0.473. The standard InChI is InChI=1S/C57H41N/c1-39(56(41-20-6-3-7-21-41)50-30-16-12-26-45(50)46-27-13-17-31-51(46)56)34-36-54-40(2)49-38-43(35-37-55(49)58(54)44-24-10-5-11-25-44)57(42-22-8-4-9-23-42)52-32-18-14-28-47(52)48-29-15-19-33-53(48)57/h3,5-8,10-14,16-28,30-38H,1,15,29H2,2H3/b36-34-. The van der Waals surface area contributed by atoms with Crippen molar-refractivity contribution in [2.24, 2.45) is 0 Å². The highest BCUT2D eigenvalue weighted by Gasteiger charge is 2.48. The topological polar surface area (TPSA) is 4.93 Å². The van der Waals surface area contributed by atoms with E-state index in [4.69, 9.17) is 6.58 Å². The number of para-hydroxylation sites is 1. The van der Waals surface area contributed by atoms with Crippen LogP contribution in [0.2, 0.25) is 0 Å². The Bertz CT molecular complexity index is 2960. The Morgan fingerprint density at radius 3 is 2.02 bits per heavy atom. The van der Waals surface area contributed by atoms with Crippen molar-refractivity contribution < 1.29 is 0 Å². The molecule has 3 aliphatic rings. The lowest BCUT2D eigenvalue weighted by Gasteiger charge is -2.35. The van der Waals surface area contributed by atoms with Crippen LogP contribution < -0.4 is 0 Å². The van der Waals surface area contributed by atoms with Crippen LogP contribution in [-0.2, 0) is 10.8 Å². The summed E-state index contributed by atoms with van der Waals surface area (Å²) in [7, 11) is 0. The first-order chi connectivity index (χ1) is 28.6. The molecule has 7 aromatic carbocycles. The lowest BCUT2D eigenvalue weighted by atomic mass is 9.66. The Kier molecular flexibility index (Phi) is 7.79. The molecule has 11 rings (SSSR count). The van der Waals surface area contributed by atoms with E-state index in [2.05, 4.69) is 212 Å². The Balaban J connectivity index is 1.14. The van der Waals surface area contributed by atoms with Crippen molar-refractivity contribution in [1.82, 2.24) is 4.57 Å². The normalized spacial score (nSPS) is 17.2. The minimum Gasteiger partial charge on any atom is -0.310 e. The van der Waals surface area contributed by atoms with E-state index in [1.807, 2.05) is 6.07 Å². The molecule has 1 aromatic heterocycles. The molecule has 1 atom stereocenters. The van der Waals surface area contributed by atoms with E-state index in [1.165, 1.54) is 77.7 Å². The van der Waals surface area contributed by atoms with Gasteiger partial charge in [-0.2, -0.15) is 0 Å². The molecule has 8 aromatic rings. The Labute approximate surface area is 341 Å². The predicted molar refractivity (Wildman–Crippen MR) is 240 cm³/mol. The molecule has 58 heavy (non-hydrogen) atoms. The van der Waals surface area contributed by atoms with Gasteiger partial charge in [-0.05, 0) is 141 Å². The van der Waals surface area contributed by atoms with Crippen LogP contribution in [0.4, 0.5) is 0 Å².